The van der Waals surface area contributed by atoms with Gasteiger partial charge in [-0.1, -0.05) is 6.92 Å². The lowest BCUT2D eigenvalue weighted by Crippen LogP contribution is -2.08. The molecule has 0 aliphatic carbocycles. The average molecular weight is 268 g/mol. The zero-order valence-corrected chi connectivity index (χ0v) is 10.8. The van der Waals surface area contributed by atoms with Gasteiger partial charge in [-0.2, -0.15) is 5.10 Å². The summed E-state index contributed by atoms with van der Waals surface area (Å²) in [6.07, 6.45) is 4.04. The number of nitrogens with zero attached hydrogens (tertiary/aromatic N) is 4. The summed E-state index contributed by atoms with van der Waals surface area (Å²) in [5.41, 5.74) is 2.78. The lowest BCUT2D eigenvalue weighted by atomic mass is 10.2. The van der Waals surface area contributed by atoms with Crippen LogP contribution in [0.2, 0.25) is 0 Å². The minimum Gasteiger partial charge on any atom is -0.477 e. The van der Waals surface area contributed by atoms with Crippen LogP contribution in [0.4, 0.5) is 0 Å². The summed E-state index contributed by atoms with van der Waals surface area (Å²) in [7, 11) is 0. The van der Waals surface area contributed by atoms with Crippen LogP contribution >= 0.6 is 0 Å². The zero-order chi connectivity index (χ0) is 14.1. The number of hydrogen-bond donors (Lipinski definition) is 1. The van der Waals surface area contributed by atoms with Crippen molar-refractivity contribution in [3.8, 4) is 11.3 Å². The van der Waals surface area contributed by atoms with Gasteiger partial charge in [0.15, 0.2) is 11.3 Å². The van der Waals surface area contributed by atoms with Crippen molar-refractivity contribution < 1.29 is 9.90 Å². The van der Waals surface area contributed by atoms with Crippen LogP contribution in [0.15, 0.2) is 36.7 Å². The van der Waals surface area contributed by atoms with Crippen LogP contribution in [-0.2, 0) is 6.42 Å². The molecule has 6 heteroatoms. The molecule has 3 rings (SSSR count). The lowest BCUT2D eigenvalue weighted by molar-refractivity contribution is 0.0687. The van der Waals surface area contributed by atoms with Crippen molar-refractivity contribution in [3.05, 3.63) is 48.0 Å². The first kappa shape index (κ1) is 12.3. The second kappa shape index (κ2) is 4.73. The van der Waals surface area contributed by atoms with Gasteiger partial charge in [0.05, 0.1) is 11.4 Å². The number of aromatic nitrogens is 4. The van der Waals surface area contributed by atoms with E-state index in [0.717, 1.165) is 17.7 Å². The number of aryl methyl sites for hydroxylation is 1. The Kier molecular flexibility index (Phi) is 2.90. The number of aromatic carboxylic acids is 1. The van der Waals surface area contributed by atoms with E-state index in [9.17, 15) is 9.90 Å². The quantitative estimate of drug-likeness (QED) is 0.786. The van der Waals surface area contributed by atoms with Crippen molar-refractivity contribution in [1.82, 2.24) is 19.6 Å². The Morgan fingerprint density at radius 3 is 2.90 bits per heavy atom. The van der Waals surface area contributed by atoms with Crippen molar-refractivity contribution in [2.45, 2.75) is 13.3 Å². The molecule has 3 aromatic rings. The Morgan fingerprint density at radius 2 is 2.25 bits per heavy atom. The molecule has 3 aromatic heterocycles. The number of carboxylic acids is 1. The van der Waals surface area contributed by atoms with Gasteiger partial charge in [-0.3, -0.25) is 4.98 Å². The molecule has 0 aliphatic rings. The molecule has 0 saturated carbocycles. The van der Waals surface area contributed by atoms with Crippen LogP contribution < -0.4 is 0 Å². The molecule has 0 amide bonds. The van der Waals surface area contributed by atoms with Gasteiger partial charge in [-0.05, 0) is 24.6 Å². The average Bonchev–Trinajstić information content (AvgIpc) is 2.89. The van der Waals surface area contributed by atoms with Crippen LogP contribution in [0, 0.1) is 0 Å². The fourth-order valence-electron chi connectivity index (χ4n) is 2.01. The fourth-order valence-corrected chi connectivity index (χ4v) is 2.01. The Bertz CT molecular complexity index is 780. The van der Waals surface area contributed by atoms with Crippen molar-refractivity contribution in [1.29, 1.82) is 0 Å². The van der Waals surface area contributed by atoms with Gasteiger partial charge in [0.2, 0.25) is 0 Å². The predicted molar refractivity (Wildman–Crippen MR) is 72.6 cm³/mol. The summed E-state index contributed by atoms with van der Waals surface area (Å²) >= 11 is 0. The number of carboxylic acid groups (broad SMARTS) is 1. The second-order valence-corrected chi connectivity index (χ2v) is 4.33. The summed E-state index contributed by atoms with van der Waals surface area (Å²) in [6.45, 7) is 1.96. The SMILES string of the molecule is CCc1cc2nc(-c3cccnc3)cc(C(=O)O)n2n1. The topological polar surface area (TPSA) is 80.4 Å². The van der Waals surface area contributed by atoms with Gasteiger partial charge in [-0.25, -0.2) is 14.3 Å². The highest BCUT2D eigenvalue weighted by Crippen LogP contribution is 2.19. The molecule has 0 bridgehead atoms. The maximum absolute atomic E-state index is 11.4. The number of carbonyl (C=O) groups is 1. The highest BCUT2D eigenvalue weighted by molar-refractivity contribution is 5.88. The number of rotatable bonds is 3. The van der Waals surface area contributed by atoms with Crippen LogP contribution in [0.1, 0.15) is 23.1 Å². The molecule has 0 aromatic carbocycles. The number of hydrogen-bond acceptors (Lipinski definition) is 4. The van der Waals surface area contributed by atoms with E-state index in [0.29, 0.717) is 11.3 Å². The van der Waals surface area contributed by atoms with E-state index in [1.807, 2.05) is 13.0 Å². The molecule has 0 unspecified atom stereocenters. The summed E-state index contributed by atoms with van der Waals surface area (Å²) in [4.78, 5) is 19.9. The molecular formula is C14H12N4O2. The monoisotopic (exact) mass is 268 g/mol. The van der Waals surface area contributed by atoms with Crippen LogP contribution in [0.3, 0.4) is 0 Å². The van der Waals surface area contributed by atoms with Gasteiger partial charge in [-0.15, -0.1) is 0 Å². The third-order valence-electron chi connectivity index (χ3n) is 3.02. The molecule has 0 saturated heterocycles. The molecule has 0 radical (unpaired) electrons. The van der Waals surface area contributed by atoms with Crippen LogP contribution in [0.5, 0.6) is 0 Å². The summed E-state index contributed by atoms with van der Waals surface area (Å²) in [5, 5.41) is 13.6. The molecule has 100 valence electrons. The van der Waals surface area contributed by atoms with E-state index in [2.05, 4.69) is 15.1 Å². The Hall–Kier alpha value is -2.76. The van der Waals surface area contributed by atoms with Crippen molar-refractivity contribution in [2.24, 2.45) is 0 Å². The van der Waals surface area contributed by atoms with Gasteiger partial charge < -0.3 is 5.11 Å². The van der Waals surface area contributed by atoms with Gasteiger partial charge >= 0.3 is 5.97 Å². The van der Waals surface area contributed by atoms with Crippen molar-refractivity contribution in [3.63, 3.8) is 0 Å². The summed E-state index contributed by atoms with van der Waals surface area (Å²) in [5.74, 6) is -1.03. The third kappa shape index (κ3) is 2.01. The molecule has 0 atom stereocenters. The minimum absolute atomic E-state index is 0.0913. The minimum atomic E-state index is -1.03. The molecule has 0 aliphatic heterocycles. The molecule has 3 heterocycles. The smallest absolute Gasteiger partial charge is 0.354 e. The maximum Gasteiger partial charge on any atom is 0.354 e. The maximum atomic E-state index is 11.4. The lowest BCUT2D eigenvalue weighted by Gasteiger charge is -2.04. The number of fused-ring (bicyclic) bond motifs is 1. The molecule has 20 heavy (non-hydrogen) atoms. The van der Waals surface area contributed by atoms with Gasteiger partial charge in [0, 0.05) is 24.0 Å². The molecule has 6 nitrogen and oxygen atoms in total. The first-order valence-corrected chi connectivity index (χ1v) is 6.22. The third-order valence-corrected chi connectivity index (χ3v) is 3.02. The molecule has 0 spiro atoms. The summed E-state index contributed by atoms with van der Waals surface area (Å²) < 4.78 is 1.36. The van der Waals surface area contributed by atoms with E-state index in [-0.39, 0.29) is 5.69 Å². The van der Waals surface area contributed by atoms with Crippen molar-refractivity contribution in [2.75, 3.05) is 0 Å². The Morgan fingerprint density at radius 1 is 1.40 bits per heavy atom. The van der Waals surface area contributed by atoms with E-state index < -0.39 is 5.97 Å². The van der Waals surface area contributed by atoms with Gasteiger partial charge in [0.25, 0.3) is 0 Å². The first-order chi connectivity index (χ1) is 9.69. The van der Waals surface area contributed by atoms with E-state index in [4.69, 9.17) is 0 Å². The highest BCUT2D eigenvalue weighted by atomic mass is 16.4. The largest absolute Gasteiger partial charge is 0.477 e. The summed E-state index contributed by atoms with van der Waals surface area (Å²) in [6, 6.07) is 6.94. The first-order valence-electron chi connectivity index (χ1n) is 6.22. The van der Waals surface area contributed by atoms with Gasteiger partial charge in [0.1, 0.15) is 0 Å². The molecule has 1 N–H and O–H groups in total. The molecular weight excluding hydrogens is 256 g/mol. The van der Waals surface area contributed by atoms with E-state index >= 15 is 0 Å². The highest BCUT2D eigenvalue weighted by Gasteiger charge is 2.15. The standard InChI is InChI=1S/C14H12N4O2/c1-2-10-6-13-16-11(9-4-3-5-15-8-9)7-12(14(19)20)18(13)17-10/h3-8H,2H2,1H3,(H,19,20). The Balaban J connectivity index is 2.27. The fraction of sp³-hybridized carbons (Fsp3) is 0.143. The normalized spacial score (nSPS) is 10.8. The number of pyridine rings is 1. The molecule has 0 fully saturated rings. The van der Waals surface area contributed by atoms with E-state index in [1.54, 1.807) is 24.5 Å². The van der Waals surface area contributed by atoms with Crippen LogP contribution in [0.25, 0.3) is 16.9 Å². The van der Waals surface area contributed by atoms with Crippen LogP contribution in [-0.4, -0.2) is 30.7 Å². The van der Waals surface area contributed by atoms with Crippen molar-refractivity contribution >= 4 is 11.6 Å². The zero-order valence-electron chi connectivity index (χ0n) is 10.8. The Labute approximate surface area is 114 Å². The second-order valence-electron chi connectivity index (χ2n) is 4.33. The van der Waals surface area contributed by atoms with E-state index in [1.165, 1.54) is 10.6 Å². The predicted octanol–water partition coefficient (Wildman–Crippen LogP) is 2.05.